The number of halogens is 2. The van der Waals surface area contributed by atoms with Crippen LogP contribution < -0.4 is 5.69 Å². The van der Waals surface area contributed by atoms with E-state index < -0.39 is 5.92 Å². The summed E-state index contributed by atoms with van der Waals surface area (Å²) >= 11 is 0. The Bertz CT molecular complexity index is 1290. The number of likely N-dealkylation sites (tertiary alicyclic amines) is 1. The first-order valence-corrected chi connectivity index (χ1v) is 11.2. The number of nitriles is 1. The van der Waals surface area contributed by atoms with E-state index in [1.807, 2.05) is 24.3 Å². The van der Waals surface area contributed by atoms with Crippen molar-refractivity contribution in [3.63, 3.8) is 0 Å². The lowest BCUT2D eigenvalue weighted by Crippen LogP contribution is -2.42. The first-order chi connectivity index (χ1) is 15.5. The van der Waals surface area contributed by atoms with Gasteiger partial charge in [0.05, 0.1) is 29.4 Å². The molecule has 0 saturated carbocycles. The van der Waals surface area contributed by atoms with Gasteiger partial charge in [0.25, 0.3) is 5.92 Å². The normalized spacial score (nSPS) is 16.8. The third-order valence-corrected chi connectivity index (χ3v) is 5.97. The molecule has 1 saturated heterocycles. The summed E-state index contributed by atoms with van der Waals surface area (Å²) in [6, 6.07) is 11.3. The number of fused-ring (bicyclic) bond motifs is 1. The molecule has 0 atom stereocenters. The maximum absolute atomic E-state index is 13.8. The number of aryl methyl sites for hydroxylation is 1. The molecule has 8 heteroatoms. The monoisotopic (exact) mass is 453 g/mol. The van der Waals surface area contributed by atoms with Crippen molar-refractivity contribution in [2.75, 3.05) is 13.1 Å². The molecule has 0 bridgehead atoms. The van der Waals surface area contributed by atoms with Crippen molar-refractivity contribution in [1.29, 1.82) is 5.26 Å². The molecule has 0 aliphatic carbocycles. The first kappa shape index (κ1) is 23.1. The van der Waals surface area contributed by atoms with Crippen LogP contribution in [0.1, 0.15) is 44.7 Å². The Kier molecular flexibility index (Phi) is 5.87. The zero-order valence-electron chi connectivity index (χ0n) is 19.5. The van der Waals surface area contributed by atoms with E-state index in [4.69, 9.17) is 4.98 Å². The molecule has 0 spiro atoms. The number of piperidine rings is 1. The van der Waals surface area contributed by atoms with Crippen molar-refractivity contribution < 1.29 is 8.78 Å². The molecule has 0 N–H and O–H groups in total. The van der Waals surface area contributed by atoms with Gasteiger partial charge in [0.15, 0.2) is 5.65 Å². The highest BCUT2D eigenvalue weighted by atomic mass is 19.3. The molecular weight excluding hydrogens is 424 g/mol. The van der Waals surface area contributed by atoms with Crippen LogP contribution in [0.4, 0.5) is 8.78 Å². The first-order valence-electron chi connectivity index (χ1n) is 11.2. The Morgan fingerprint density at radius 2 is 1.97 bits per heavy atom. The number of imidazole rings is 1. The van der Waals surface area contributed by atoms with Crippen molar-refractivity contribution in [2.45, 2.75) is 52.6 Å². The van der Waals surface area contributed by atoms with Gasteiger partial charge in [-0.1, -0.05) is 26.8 Å². The van der Waals surface area contributed by atoms with Crippen LogP contribution >= 0.6 is 0 Å². The average Bonchev–Trinajstić information content (AvgIpc) is 2.96. The van der Waals surface area contributed by atoms with Crippen molar-refractivity contribution >= 4 is 11.2 Å². The largest absolute Gasteiger partial charge is 0.330 e. The number of nitrogens with zero attached hydrogens (tertiary/aromatic N) is 5. The molecule has 3 aromatic rings. The van der Waals surface area contributed by atoms with E-state index in [1.165, 1.54) is 4.57 Å². The maximum atomic E-state index is 13.8. The fraction of sp³-hybridized carbons (Fsp3) is 0.480. The second-order valence-corrected chi connectivity index (χ2v) is 10.2. The van der Waals surface area contributed by atoms with E-state index in [9.17, 15) is 18.8 Å². The highest BCUT2D eigenvalue weighted by Crippen LogP contribution is 2.30. The van der Waals surface area contributed by atoms with Gasteiger partial charge in [-0.3, -0.25) is 14.0 Å². The lowest BCUT2D eigenvalue weighted by Gasteiger charge is -2.32. The zero-order chi connectivity index (χ0) is 24.0. The molecule has 33 heavy (non-hydrogen) atoms. The molecule has 2 aromatic heterocycles. The molecule has 1 aromatic carbocycles. The summed E-state index contributed by atoms with van der Waals surface area (Å²) in [4.78, 5) is 19.3. The van der Waals surface area contributed by atoms with Crippen LogP contribution in [0.5, 0.6) is 0 Å². The SMILES string of the molecule is Cn1c(=O)n(CC(C)(C)C)c2ccc(-c3cc(CN4CCCC(F)(F)C4)ccc3C#N)nc21. The molecule has 1 fully saturated rings. The standard InChI is InChI=1S/C25H29F2N5O/c1-24(2,3)15-32-21-9-8-20(29-22(21)30(4)23(32)33)19-12-17(6-7-18(19)13-28)14-31-11-5-10-25(26,27)16-31/h6-9,12H,5,10-11,14-16H2,1-4H3. The fourth-order valence-corrected chi connectivity index (χ4v) is 4.49. The zero-order valence-corrected chi connectivity index (χ0v) is 19.5. The summed E-state index contributed by atoms with van der Waals surface area (Å²) in [5, 5.41) is 9.66. The number of alkyl halides is 2. The van der Waals surface area contributed by atoms with Crippen LogP contribution in [0.3, 0.4) is 0 Å². The van der Waals surface area contributed by atoms with Gasteiger partial charge >= 0.3 is 5.69 Å². The van der Waals surface area contributed by atoms with E-state index in [-0.39, 0.29) is 24.1 Å². The minimum Gasteiger partial charge on any atom is -0.293 e. The van der Waals surface area contributed by atoms with E-state index in [1.54, 1.807) is 22.6 Å². The summed E-state index contributed by atoms with van der Waals surface area (Å²) < 4.78 is 30.9. The van der Waals surface area contributed by atoms with E-state index in [2.05, 4.69) is 26.8 Å². The van der Waals surface area contributed by atoms with Gasteiger partial charge in [0, 0.05) is 32.1 Å². The summed E-state index contributed by atoms with van der Waals surface area (Å²) in [5.41, 5.74) is 3.59. The third kappa shape index (κ3) is 4.83. The number of hydrogen-bond donors (Lipinski definition) is 0. The summed E-state index contributed by atoms with van der Waals surface area (Å²) in [6.45, 7) is 7.53. The number of benzene rings is 1. The lowest BCUT2D eigenvalue weighted by molar-refractivity contribution is -0.0661. The van der Waals surface area contributed by atoms with Gasteiger partial charge in [0.1, 0.15) is 0 Å². The van der Waals surface area contributed by atoms with E-state index >= 15 is 0 Å². The predicted molar refractivity (Wildman–Crippen MR) is 124 cm³/mol. The fourth-order valence-electron chi connectivity index (χ4n) is 4.49. The van der Waals surface area contributed by atoms with Gasteiger partial charge in [0.2, 0.25) is 0 Å². The Balaban J connectivity index is 1.73. The quantitative estimate of drug-likeness (QED) is 0.581. The lowest BCUT2D eigenvalue weighted by atomic mass is 9.97. The van der Waals surface area contributed by atoms with Gasteiger partial charge in [-0.2, -0.15) is 5.26 Å². The highest BCUT2D eigenvalue weighted by molar-refractivity contribution is 5.78. The number of rotatable bonds is 4. The molecule has 0 radical (unpaired) electrons. The summed E-state index contributed by atoms with van der Waals surface area (Å²) in [7, 11) is 1.69. The molecule has 3 heterocycles. The number of aromatic nitrogens is 3. The minimum atomic E-state index is -2.66. The van der Waals surface area contributed by atoms with Crippen LogP contribution in [0.15, 0.2) is 35.1 Å². The Morgan fingerprint density at radius 3 is 2.64 bits per heavy atom. The van der Waals surface area contributed by atoms with Crippen LogP contribution in [0.25, 0.3) is 22.4 Å². The van der Waals surface area contributed by atoms with Gasteiger partial charge in [-0.25, -0.2) is 18.6 Å². The molecule has 0 amide bonds. The average molecular weight is 454 g/mol. The molecular formula is C25H29F2N5O. The van der Waals surface area contributed by atoms with Crippen LogP contribution in [0.2, 0.25) is 0 Å². The van der Waals surface area contributed by atoms with Gasteiger partial charge < -0.3 is 0 Å². The van der Waals surface area contributed by atoms with Crippen molar-refractivity contribution in [3.05, 3.63) is 51.9 Å². The second kappa shape index (κ2) is 8.38. The van der Waals surface area contributed by atoms with Gasteiger partial charge in [-0.15, -0.1) is 0 Å². The topological polar surface area (TPSA) is 66.8 Å². The molecule has 1 aliphatic rings. The van der Waals surface area contributed by atoms with Gasteiger partial charge in [-0.05, 0) is 48.2 Å². The van der Waals surface area contributed by atoms with Crippen molar-refractivity contribution in [1.82, 2.24) is 19.0 Å². The molecule has 6 nitrogen and oxygen atoms in total. The van der Waals surface area contributed by atoms with E-state index in [0.29, 0.717) is 48.5 Å². The minimum absolute atomic E-state index is 0.0698. The van der Waals surface area contributed by atoms with E-state index in [0.717, 1.165) is 11.1 Å². The Hall–Kier alpha value is -3.05. The molecule has 0 unspecified atom stereocenters. The summed E-state index contributed by atoms with van der Waals surface area (Å²) in [5.74, 6) is -2.66. The smallest absolute Gasteiger partial charge is 0.293 e. The van der Waals surface area contributed by atoms with Crippen LogP contribution in [0, 0.1) is 16.7 Å². The van der Waals surface area contributed by atoms with Crippen molar-refractivity contribution in [3.8, 4) is 17.3 Å². The predicted octanol–water partition coefficient (Wildman–Crippen LogP) is 4.55. The Morgan fingerprint density at radius 1 is 1.21 bits per heavy atom. The van der Waals surface area contributed by atoms with Crippen LogP contribution in [-0.4, -0.2) is 38.0 Å². The van der Waals surface area contributed by atoms with Crippen LogP contribution in [-0.2, 0) is 20.1 Å². The second-order valence-electron chi connectivity index (χ2n) is 10.2. The highest BCUT2D eigenvalue weighted by Gasteiger charge is 2.35. The maximum Gasteiger partial charge on any atom is 0.330 e. The summed E-state index contributed by atoms with van der Waals surface area (Å²) in [6.07, 6.45) is 0.396. The molecule has 1 aliphatic heterocycles. The molecule has 174 valence electrons. The third-order valence-electron chi connectivity index (χ3n) is 5.97. The molecule has 4 rings (SSSR count). The number of hydrogen-bond acceptors (Lipinski definition) is 4. The Labute approximate surface area is 192 Å². The van der Waals surface area contributed by atoms with Crippen molar-refractivity contribution in [2.24, 2.45) is 12.5 Å². The number of pyridine rings is 1.